The molecule has 1 N–H and O–H groups in total. The molecule has 8 heteroatoms. The summed E-state index contributed by atoms with van der Waals surface area (Å²) in [4.78, 5) is 28.0. The van der Waals surface area contributed by atoms with E-state index in [1.807, 2.05) is 38.1 Å². The van der Waals surface area contributed by atoms with Crippen LogP contribution in [0.5, 0.6) is 5.75 Å². The van der Waals surface area contributed by atoms with Crippen molar-refractivity contribution in [2.24, 2.45) is 0 Å². The molecular formula is C24H23N3O5. The fourth-order valence-electron chi connectivity index (χ4n) is 3.33. The van der Waals surface area contributed by atoms with E-state index in [9.17, 15) is 9.59 Å². The number of benzene rings is 2. The topological polar surface area (TPSA) is 107 Å². The Morgan fingerprint density at radius 1 is 1.16 bits per heavy atom. The van der Waals surface area contributed by atoms with Gasteiger partial charge in [0.2, 0.25) is 5.82 Å². The van der Waals surface area contributed by atoms with Crippen LogP contribution in [0.4, 0.5) is 0 Å². The van der Waals surface area contributed by atoms with Crippen LogP contribution in [-0.4, -0.2) is 22.1 Å². The van der Waals surface area contributed by atoms with Crippen LogP contribution in [0.3, 0.4) is 0 Å². The maximum absolute atomic E-state index is 12.4. The van der Waals surface area contributed by atoms with Gasteiger partial charge in [-0.25, -0.2) is 4.79 Å². The number of carbonyl (C=O) groups excluding carboxylic acids is 1. The summed E-state index contributed by atoms with van der Waals surface area (Å²) in [5.74, 6) is 0.178. The zero-order valence-electron chi connectivity index (χ0n) is 17.8. The molecule has 4 rings (SSSR count). The number of aryl methyl sites for hydroxylation is 2. The molecule has 8 nitrogen and oxygen atoms in total. The van der Waals surface area contributed by atoms with Crippen LogP contribution in [0.2, 0.25) is 0 Å². The summed E-state index contributed by atoms with van der Waals surface area (Å²) >= 11 is 0. The number of amides is 1. The summed E-state index contributed by atoms with van der Waals surface area (Å²) in [7, 11) is 0. The highest BCUT2D eigenvalue weighted by molar-refractivity contribution is 5.89. The van der Waals surface area contributed by atoms with E-state index in [2.05, 4.69) is 27.6 Å². The van der Waals surface area contributed by atoms with Crippen molar-refractivity contribution in [3.63, 3.8) is 0 Å². The van der Waals surface area contributed by atoms with Crippen LogP contribution in [-0.2, 0) is 13.0 Å². The number of aromatic nitrogens is 2. The summed E-state index contributed by atoms with van der Waals surface area (Å²) in [6, 6.07) is 16.7. The smallest absolute Gasteiger partial charge is 0.336 e. The molecule has 1 atom stereocenters. The van der Waals surface area contributed by atoms with Crippen LogP contribution in [0.15, 0.2) is 68.3 Å². The summed E-state index contributed by atoms with van der Waals surface area (Å²) < 4.78 is 15.9. The highest BCUT2D eigenvalue weighted by atomic mass is 16.5. The Morgan fingerprint density at radius 3 is 2.78 bits per heavy atom. The van der Waals surface area contributed by atoms with Crippen molar-refractivity contribution in [2.75, 3.05) is 0 Å². The molecule has 0 aliphatic heterocycles. The summed E-state index contributed by atoms with van der Waals surface area (Å²) in [5, 5.41) is 7.50. The van der Waals surface area contributed by atoms with Gasteiger partial charge in [0.05, 0.1) is 0 Å². The lowest BCUT2D eigenvalue weighted by molar-refractivity contribution is 0.0894. The van der Waals surface area contributed by atoms with Gasteiger partial charge < -0.3 is 19.0 Å². The van der Waals surface area contributed by atoms with E-state index in [1.165, 1.54) is 11.6 Å². The van der Waals surface area contributed by atoms with Gasteiger partial charge in [-0.1, -0.05) is 35.5 Å². The second kappa shape index (κ2) is 9.47. The van der Waals surface area contributed by atoms with Gasteiger partial charge in [0.1, 0.15) is 11.3 Å². The van der Waals surface area contributed by atoms with Crippen LogP contribution < -0.4 is 15.7 Å². The Labute approximate surface area is 184 Å². The average molecular weight is 433 g/mol. The summed E-state index contributed by atoms with van der Waals surface area (Å²) in [6.07, 6.45) is 1.65. The molecule has 0 spiro atoms. The van der Waals surface area contributed by atoms with Gasteiger partial charge >= 0.3 is 17.4 Å². The number of hydrogen-bond donors (Lipinski definition) is 1. The van der Waals surface area contributed by atoms with Gasteiger partial charge in [-0.15, -0.1) is 0 Å². The van der Waals surface area contributed by atoms with Crippen molar-refractivity contribution < 1.29 is 18.5 Å². The molecule has 1 unspecified atom stereocenters. The minimum absolute atomic E-state index is 0.00188. The Hall–Kier alpha value is -3.94. The predicted octanol–water partition coefficient (Wildman–Crippen LogP) is 3.81. The quantitative estimate of drug-likeness (QED) is 0.421. The van der Waals surface area contributed by atoms with E-state index >= 15 is 0 Å². The van der Waals surface area contributed by atoms with E-state index in [1.54, 1.807) is 12.1 Å². The molecule has 2 aromatic heterocycles. The van der Waals surface area contributed by atoms with Gasteiger partial charge in [-0.2, -0.15) is 4.98 Å². The van der Waals surface area contributed by atoms with E-state index in [4.69, 9.17) is 13.7 Å². The van der Waals surface area contributed by atoms with Crippen molar-refractivity contribution >= 4 is 16.9 Å². The second-order valence-electron chi connectivity index (χ2n) is 7.61. The first-order valence-electron chi connectivity index (χ1n) is 10.3. The number of nitrogens with zero attached hydrogens (tertiary/aromatic N) is 2. The minimum Gasteiger partial charge on any atom is -0.485 e. The van der Waals surface area contributed by atoms with Crippen molar-refractivity contribution in [1.82, 2.24) is 15.5 Å². The molecule has 0 saturated carbocycles. The molecule has 0 aliphatic carbocycles. The fourth-order valence-corrected chi connectivity index (χ4v) is 3.33. The lowest BCUT2D eigenvalue weighted by atomic mass is 10.1. The summed E-state index contributed by atoms with van der Waals surface area (Å²) in [6.45, 7) is 3.77. The Kier molecular flexibility index (Phi) is 6.30. The van der Waals surface area contributed by atoms with Crippen molar-refractivity contribution in [3.8, 4) is 5.75 Å². The van der Waals surface area contributed by atoms with Gasteiger partial charge in [0, 0.05) is 23.6 Å². The second-order valence-corrected chi connectivity index (χ2v) is 7.61. The van der Waals surface area contributed by atoms with Gasteiger partial charge in [0.25, 0.3) is 0 Å². The van der Waals surface area contributed by atoms with Crippen molar-refractivity contribution in [2.45, 2.75) is 39.3 Å². The Morgan fingerprint density at radius 2 is 1.97 bits per heavy atom. The maximum atomic E-state index is 12.4. The molecule has 0 fully saturated rings. The zero-order chi connectivity index (χ0) is 22.5. The van der Waals surface area contributed by atoms with Crippen LogP contribution in [0.1, 0.15) is 41.0 Å². The van der Waals surface area contributed by atoms with Gasteiger partial charge in [0.15, 0.2) is 6.61 Å². The first kappa shape index (κ1) is 21.3. The van der Waals surface area contributed by atoms with Gasteiger partial charge in [-0.3, -0.25) is 4.79 Å². The standard InChI is InChI=1S/C24H23N3O5/c1-15-12-22(28)31-20-13-18(10-11-19(15)20)30-14-21-26-24(32-27-21)23(29)25-16(2)8-9-17-6-4-3-5-7-17/h3-7,10-13,16H,8-9,14H2,1-2H3,(H,25,29). The minimum atomic E-state index is -0.424. The highest BCUT2D eigenvalue weighted by Gasteiger charge is 2.17. The monoisotopic (exact) mass is 433 g/mol. The molecule has 164 valence electrons. The van der Waals surface area contributed by atoms with Crippen molar-refractivity contribution in [3.05, 3.63) is 87.9 Å². The molecule has 0 saturated heterocycles. The van der Waals surface area contributed by atoms with Gasteiger partial charge in [-0.05, 0) is 49.9 Å². The number of fused-ring (bicyclic) bond motifs is 1. The molecular weight excluding hydrogens is 410 g/mol. The third kappa shape index (κ3) is 5.21. The molecule has 2 heterocycles. The van der Waals surface area contributed by atoms with E-state index in [-0.39, 0.29) is 24.4 Å². The number of ether oxygens (including phenoxy) is 1. The first-order chi connectivity index (χ1) is 15.5. The van der Waals surface area contributed by atoms with E-state index in [0.717, 1.165) is 23.8 Å². The highest BCUT2D eigenvalue weighted by Crippen LogP contribution is 2.22. The number of carbonyl (C=O) groups is 1. The third-order valence-corrected chi connectivity index (χ3v) is 5.04. The number of rotatable bonds is 8. The normalized spacial score (nSPS) is 11.9. The molecule has 4 aromatic rings. The van der Waals surface area contributed by atoms with Crippen LogP contribution in [0, 0.1) is 6.92 Å². The molecule has 32 heavy (non-hydrogen) atoms. The largest absolute Gasteiger partial charge is 0.485 e. The van der Waals surface area contributed by atoms with Crippen LogP contribution >= 0.6 is 0 Å². The fraction of sp³-hybridized carbons (Fsp3) is 0.250. The third-order valence-electron chi connectivity index (χ3n) is 5.04. The zero-order valence-corrected chi connectivity index (χ0v) is 17.8. The lowest BCUT2D eigenvalue weighted by Gasteiger charge is -2.12. The van der Waals surface area contributed by atoms with E-state index < -0.39 is 11.5 Å². The molecule has 0 radical (unpaired) electrons. The summed E-state index contributed by atoms with van der Waals surface area (Å²) in [5.41, 5.74) is 2.06. The SMILES string of the molecule is Cc1cc(=O)oc2cc(OCc3noc(C(=O)NC(C)CCc4ccccc4)n3)ccc12. The molecule has 0 aliphatic rings. The molecule has 0 bridgehead atoms. The first-order valence-corrected chi connectivity index (χ1v) is 10.3. The molecule has 2 aromatic carbocycles. The maximum Gasteiger partial charge on any atom is 0.336 e. The molecule has 1 amide bonds. The number of hydrogen-bond acceptors (Lipinski definition) is 7. The lowest BCUT2D eigenvalue weighted by Crippen LogP contribution is -2.33. The van der Waals surface area contributed by atoms with Crippen molar-refractivity contribution in [1.29, 1.82) is 0 Å². The Bertz CT molecular complexity index is 1280. The van der Waals surface area contributed by atoms with Crippen LogP contribution in [0.25, 0.3) is 11.0 Å². The predicted molar refractivity (Wildman–Crippen MR) is 118 cm³/mol. The van der Waals surface area contributed by atoms with E-state index in [0.29, 0.717) is 11.3 Å². The average Bonchev–Trinajstić information content (AvgIpc) is 3.26. The Balaban J connectivity index is 1.32. The number of nitrogens with one attached hydrogen (secondary N) is 1.